The molecule has 0 aromatic heterocycles. The lowest BCUT2D eigenvalue weighted by Gasteiger charge is -2.29. The Morgan fingerprint density at radius 3 is 2.79 bits per heavy atom. The molecule has 0 fully saturated rings. The number of nitrogens with zero attached hydrogens (tertiary/aromatic N) is 1. The summed E-state index contributed by atoms with van der Waals surface area (Å²) in [5.41, 5.74) is 1.85. The number of fused-ring (bicyclic) bond motifs is 2. The molecule has 0 radical (unpaired) electrons. The lowest BCUT2D eigenvalue weighted by Crippen LogP contribution is -2.46. The first-order valence-electron chi connectivity index (χ1n) is 8.83. The first-order chi connectivity index (χ1) is 13.5. The van der Waals surface area contributed by atoms with Crippen LogP contribution < -0.4 is 19.7 Å². The molecule has 2 aromatic carbocycles. The summed E-state index contributed by atoms with van der Waals surface area (Å²) in [4.78, 5) is 37.8. The maximum absolute atomic E-state index is 12.6. The van der Waals surface area contributed by atoms with E-state index in [1.165, 1.54) is 4.90 Å². The second-order valence-corrected chi connectivity index (χ2v) is 6.54. The predicted molar refractivity (Wildman–Crippen MR) is 98.5 cm³/mol. The van der Waals surface area contributed by atoms with Crippen LogP contribution >= 0.6 is 0 Å². The lowest BCUT2D eigenvalue weighted by atomic mass is 10.0. The molecule has 4 rings (SSSR count). The standard InChI is InChI=1S/C20H18N2O6/c23-17(10-22-14-3-1-2-4-16(14)28-11-18(22)24)21-19(20(25)26)13-5-6-15-12(9-13)7-8-27-15/h1-6,9,19H,7-8,10-11H2,(H,21,23)(H,25,26). The number of carboxylic acid groups (broad SMARTS) is 1. The Morgan fingerprint density at radius 1 is 1.14 bits per heavy atom. The van der Waals surface area contributed by atoms with Gasteiger partial charge in [-0.2, -0.15) is 0 Å². The molecule has 2 aromatic rings. The molecular formula is C20H18N2O6. The highest BCUT2D eigenvalue weighted by molar-refractivity contribution is 6.02. The van der Waals surface area contributed by atoms with E-state index in [-0.39, 0.29) is 19.1 Å². The molecule has 8 heteroatoms. The normalized spacial score (nSPS) is 15.7. The summed E-state index contributed by atoms with van der Waals surface area (Å²) in [6.45, 7) is 0.0932. The van der Waals surface area contributed by atoms with Gasteiger partial charge >= 0.3 is 5.97 Å². The third-order valence-electron chi connectivity index (χ3n) is 4.71. The second kappa shape index (κ2) is 7.22. The zero-order valence-corrected chi connectivity index (χ0v) is 14.9. The number of anilines is 1. The molecule has 2 N–H and O–H groups in total. The van der Waals surface area contributed by atoms with Crippen LogP contribution in [0.1, 0.15) is 17.2 Å². The number of rotatable bonds is 5. The molecule has 28 heavy (non-hydrogen) atoms. The van der Waals surface area contributed by atoms with Gasteiger partial charge in [-0.25, -0.2) is 4.79 Å². The van der Waals surface area contributed by atoms with E-state index in [0.29, 0.717) is 30.0 Å². The number of carbonyl (C=O) groups is 3. The first kappa shape index (κ1) is 17.8. The largest absolute Gasteiger partial charge is 0.493 e. The third-order valence-corrected chi connectivity index (χ3v) is 4.71. The molecule has 1 atom stereocenters. The number of hydrogen-bond acceptors (Lipinski definition) is 5. The summed E-state index contributed by atoms with van der Waals surface area (Å²) < 4.78 is 10.8. The predicted octanol–water partition coefficient (Wildman–Crippen LogP) is 1.29. The van der Waals surface area contributed by atoms with Crippen LogP contribution in [0, 0.1) is 0 Å². The topological polar surface area (TPSA) is 105 Å². The molecule has 0 saturated heterocycles. The summed E-state index contributed by atoms with van der Waals surface area (Å²) in [6, 6.07) is 10.7. The van der Waals surface area contributed by atoms with Gasteiger partial charge in [0.05, 0.1) is 12.3 Å². The number of benzene rings is 2. The van der Waals surface area contributed by atoms with Crippen molar-refractivity contribution in [3.05, 3.63) is 53.6 Å². The van der Waals surface area contributed by atoms with Gasteiger partial charge in [0.1, 0.15) is 18.0 Å². The average Bonchev–Trinajstić information content (AvgIpc) is 3.16. The minimum absolute atomic E-state index is 0.169. The van der Waals surface area contributed by atoms with Gasteiger partial charge in [-0.3, -0.25) is 14.5 Å². The number of ether oxygens (including phenoxy) is 2. The maximum Gasteiger partial charge on any atom is 0.330 e. The van der Waals surface area contributed by atoms with Crippen LogP contribution in [0.4, 0.5) is 5.69 Å². The number of carboxylic acids is 1. The number of aliphatic carboxylic acids is 1. The van der Waals surface area contributed by atoms with Crippen LogP contribution in [0.15, 0.2) is 42.5 Å². The van der Waals surface area contributed by atoms with E-state index in [0.717, 1.165) is 11.3 Å². The molecule has 2 heterocycles. The van der Waals surface area contributed by atoms with Gasteiger partial charge in [0, 0.05) is 6.42 Å². The maximum atomic E-state index is 12.6. The van der Waals surface area contributed by atoms with Gasteiger partial charge in [0.25, 0.3) is 5.91 Å². The van der Waals surface area contributed by atoms with Crippen LogP contribution in [-0.4, -0.2) is 42.6 Å². The van der Waals surface area contributed by atoms with E-state index in [9.17, 15) is 19.5 Å². The fourth-order valence-corrected chi connectivity index (χ4v) is 3.35. The van der Waals surface area contributed by atoms with Gasteiger partial charge in [0.2, 0.25) is 5.91 Å². The van der Waals surface area contributed by atoms with Crippen molar-refractivity contribution >= 4 is 23.5 Å². The second-order valence-electron chi connectivity index (χ2n) is 6.54. The van der Waals surface area contributed by atoms with Crippen molar-refractivity contribution in [3.8, 4) is 11.5 Å². The Bertz CT molecular complexity index is 957. The SMILES string of the molecule is O=C(CN1C(=O)COc2ccccc21)NC(C(=O)O)c1ccc2c(c1)CCO2. The summed E-state index contributed by atoms with van der Waals surface area (Å²) in [5.74, 6) is -0.886. The molecule has 8 nitrogen and oxygen atoms in total. The molecule has 144 valence electrons. The number of para-hydroxylation sites is 2. The fourth-order valence-electron chi connectivity index (χ4n) is 3.35. The summed E-state index contributed by atoms with van der Waals surface area (Å²) >= 11 is 0. The van der Waals surface area contributed by atoms with Crippen molar-refractivity contribution in [3.63, 3.8) is 0 Å². The highest BCUT2D eigenvalue weighted by atomic mass is 16.5. The average molecular weight is 382 g/mol. The minimum atomic E-state index is -1.22. The number of amides is 2. The Balaban J connectivity index is 1.52. The highest BCUT2D eigenvalue weighted by Crippen LogP contribution is 2.31. The van der Waals surface area contributed by atoms with E-state index in [1.54, 1.807) is 42.5 Å². The molecule has 0 saturated carbocycles. The molecule has 0 aliphatic carbocycles. The van der Waals surface area contributed by atoms with Crippen molar-refractivity contribution in [2.24, 2.45) is 0 Å². The number of nitrogens with one attached hydrogen (secondary N) is 1. The Labute approximate surface area is 160 Å². The van der Waals surface area contributed by atoms with Crippen LogP contribution in [0.25, 0.3) is 0 Å². The molecule has 2 aliphatic rings. The zero-order chi connectivity index (χ0) is 19.7. The monoisotopic (exact) mass is 382 g/mol. The molecule has 2 amide bonds. The van der Waals surface area contributed by atoms with Crippen LogP contribution in [0.5, 0.6) is 11.5 Å². The minimum Gasteiger partial charge on any atom is -0.493 e. The summed E-state index contributed by atoms with van der Waals surface area (Å²) in [6.07, 6.45) is 0.697. The Hall–Kier alpha value is -3.55. The Kier molecular flexibility index (Phi) is 4.60. The fraction of sp³-hybridized carbons (Fsp3) is 0.250. The van der Waals surface area contributed by atoms with Crippen molar-refractivity contribution in [1.29, 1.82) is 0 Å². The summed E-state index contributed by atoms with van der Waals surface area (Å²) in [5, 5.41) is 12.1. The van der Waals surface area contributed by atoms with Gasteiger partial charge in [-0.05, 0) is 35.4 Å². The van der Waals surface area contributed by atoms with E-state index in [2.05, 4.69) is 5.32 Å². The number of hydrogen-bond donors (Lipinski definition) is 2. The third kappa shape index (κ3) is 3.36. The number of carbonyl (C=O) groups excluding carboxylic acids is 2. The van der Waals surface area contributed by atoms with Crippen molar-refractivity contribution in [2.75, 3.05) is 24.7 Å². The molecule has 2 aliphatic heterocycles. The molecule has 0 spiro atoms. The van der Waals surface area contributed by atoms with E-state index in [4.69, 9.17) is 9.47 Å². The quantitative estimate of drug-likeness (QED) is 0.807. The van der Waals surface area contributed by atoms with Crippen molar-refractivity contribution in [2.45, 2.75) is 12.5 Å². The Morgan fingerprint density at radius 2 is 1.96 bits per heavy atom. The first-order valence-corrected chi connectivity index (χ1v) is 8.83. The molecule has 0 bridgehead atoms. The van der Waals surface area contributed by atoms with Crippen molar-refractivity contribution < 1.29 is 29.0 Å². The lowest BCUT2D eigenvalue weighted by molar-refractivity contribution is -0.141. The van der Waals surface area contributed by atoms with Gasteiger partial charge in [-0.15, -0.1) is 0 Å². The van der Waals surface area contributed by atoms with E-state index >= 15 is 0 Å². The van der Waals surface area contributed by atoms with Crippen LogP contribution in [0.3, 0.4) is 0 Å². The summed E-state index contributed by atoms with van der Waals surface area (Å²) in [7, 11) is 0. The van der Waals surface area contributed by atoms with Crippen LogP contribution in [-0.2, 0) is 20.8 Å². The van der Waals surface area contributed by atoms with Crippen molar-refractivity contribution in [1.82, 2.24) is 5.32 Å². The van der Waals surface area contributed by atoms with Gasteiger partial charge < -0.3 is 19.9 Å². The van der Waals surface area contributed by atoms with Crippen LogP contribution in [0.2, 0.25) is 0 Å². The van der Waals surface area contributed by atoms with E-state index < -0.39 is 17.9 Å². The molecular weight excluding hydrogens is 364 g/mol. The van der Waals surface area contributed by atoms with Gasteiger partial charge in [-0.1, -0.05) is 18.2 Å². The smallest absolute Gasteiger partial charge is 0.330 e. The highest BCUT2D eigenvalue weighted by Gasteiger charge is 2.29. The van der Waals surface area contributed by atoms with E-state index in [1.807, 2.05) is 0 Å². The molecule has 1 unspecified atom stereocenters. The zero-order valence-electron chi connectivity index (χ0n) is 14.9. The van der Waals surface area contributed by atoms with Gasteiger partial charge in [0.15, 0.2) is 12.6 Å².